The van der Waals surface area contributed by atoms with Crippen LogP contribution in [0.2, 0.25) is 10.0 Å². The number of aryl methyl sites for hydroxylation is 1. The SMILES string of the molecule is Cc1ccc(-c2nc3cc(Cl)ccc3o2)cc1NC(=S)NC(=O)c1cccc2c(Cl)cccc12. The van der Waals surface area contributed by atoms with Gasteiger partial charge >= 0.3 is 0 Å². The Morgan fingerprint density at radius 2 is 1.76 bits per heavy atom. The van der Waals surface area contributed by atoms with Crippen molar-refractivity contribution >= 4 is 74.0 Å². The van der Waals surface area contributed by atoms with Crippen LogP contribution < -0.4 is 10.6 Å². The Hall–Kier alpha value is -3.45. The van der Waals surface area contributed by atoms with Gasteiger partial charge in [0.05, 0.1) is 0 Å². The van der Waals surface area contributed by atoms with Gasteiger partial charge < -0.3 is 9.73 Å². The first-order valence-electron chi connectivity index (χ1n) is 10.4. The summed E-state index contributed by atoms with van der Waals surface area (Å²) in [5.74, 6) is 0.137. The molecule has 0 spiro atoms. The number of rotatable bonds is 3. The molecule has 0 radical (unpaired) electrons. The van der Waals surface area contributed by atoms with Crippen LogP contribution in [0.25, 0.3) is 33.3 Å². The lowest BCUT2D eigenvalue weighted by Gasteiger charge is -2.13. The first-order chi connectivity index (χ1) is 16.4. The lowest BCUT2D eigenvalue weighted by atomic mass is 10.0. The van der Waals surface area contributed by atoms with E-state index in [9.17, 15) is 4.79 Å². The van der Waals surface area contributed by atoms with E-state index in [1.807, 2.05) is 43.3 Å². The Morgan fingerprint density at radius 3 is 2.62 bits per heavy atom. The van der Waals surface area contributed by atoms with Gasteiger partial charge in [-0.05, 0) is 72.6 Å². The Morgan fingerprint density at radius 1 is 0.971 bits per heavy atom. The van der Waals surface area contributed by atoms with Crippen LogP contribution in [0.1, 0.15) is 15.9 Å². The van der Waals surface area contributed by atoms with Crippen LogP contribution in [0.4, 0.5) is 5.69 Å². The summed E-state index contributed by atoms with van der Waals surface area (Å²) in [4.78, 5) is 17.5. The number of oxazole rings is 1. The predicted molar refractivity (Wildman–Crippen MR) is 142 cm³/mol. The summed E-state index contributed by atoms with van der Waals surface area (Å²) in [5, 5.41) is 8.77. The van der Waals surface area contributed by atoms with Crippen LogP contribution in [-0.2, 0) is 0 Å². The van der Waals surface area contributed by atoms with Crippen LogP contribution in [0.3, 0.4) is 0 Å². The third-order valence-corrected chi connectivity index (χ3v) is 6.19. The smallest absolute Gasteiger partial charge is 0.258 e. The molecule has 34 heavy (non-hydrogen) atoms. The zero-order chi connectivity index (χ0) is 23.8. The zero-order valence-corrected chi connectivity index (χ0v) is 20.2. The van der Waals surface area contributed by atoms with Crippen molar-refractivity contribution < 1.29 is 9.21 Å². The van der Waals surface area contributed by atoms with Crippen molar-refractivity contribution in [1.29, 1.82) is 0 Å². The molecule has 5 nitrogen and oxygen atoms in total. The summed E-state index contributed by atoms with van der Waals surface area (Å²) in [6.07, 6.45) is 0. The van der Waals surface area contributed by atoms with Crippen LogP contribution in [0, 0.1) is 6.92 Å². The minimum atomic E-state index is -0.324. The highest BCUT2D eigenvalue weighted by molar-refractivity contribution is 7.80. The van der Waals surface area contributed by atoms with Crippen LogP contribution in [-0.4, -0.2) is 16.0 Å². The molecule has 0 bridgehead atoms. The lowest BCUT2D eigenvalue weighted by Crippen LogP contribution is -2.34. The van der Waals surface area contributed by atoms with Crippen molar-refractivity contribution in [1.82, 2.24) is 10.3 Å². The van der Waals surface area contributed by atoms with Crippen LogP contribution in [0.5, 0.6) is 0 Å². The Balaban J connectivity index is 1.38. The number of amides is 1. The Bertz CT molecular complexity index is 1600. The van der Waals surface area contributed by atoms with Gasteiger partial charge in [0.2, 0.25) is 5.89 Å². The van der Waals surface area contributed by atoms with E-state index >= 15 is 0 Å². The first-order valence-corrected chi connectivity index (χ1v) is 11.5. The molecular weight excluding hydrogens is 489 g/mol. The monoisotopic (exact) mass is 505 g/mol. The minimum absolute atomic E-state index is 0.175. The zero-order valence-electron chi connectivity index (χ0n) is 17.9. The molecule has 0 aliphatic heterocycles. The largest absolute Gasteiger partial charge is 0.436 e. The van der Waals surface area contributed by atoms with Gasteiger partial charge in [-0.15, -0.1) is 0 Å². The number of benzene rings is 4. The number of fused-ring (bicyclic) bond motifs is 2. The standard InChI is InChI=1S/C26H17Cl2N3O2S/c1-14-8-9-15(25-29-22-13-16(27)10-11-23(22)33-25)12-21(14)30-26(34)31-24(32)19-6-2-5-18-17(19)4-3-7-20(18)28/h2-13H,1H3,(H2,30,31,32,34). The minimum Gasteiger partial charge on any atom is -0.436 e. The molecule has 168 valence electrons. The molecule has 0 saturated carbocycles. The highest BCUT2D eigenvalue weighted by Crippen LogP contribution is 2.29. The molecular formula is C26H17Cl2N3O2S. The van der Waals surface area contributed by atoms with Crippen molar-refractivity contribution in [3.63, 3.8) is 0 Å². The average molecular weight is 506 g/mol. The summed E-state index contributed by atoms with van der Waals surface area (Å²) in [5.41, 5.74) is 4.24. The first kappa shape index (κ1) is 22.3. The molecule has 2 N–H and O–H groups in total. The molecule has 5 aromatic rings. The van der Waals surface area contributed by atoms with E-state index < -0.39 is 0 Å². The van der Waals surface area contributed by atoms with E-state index in [0.29, 0.717) is 32.6 Å². The molecule has 1 amide bonds. The fourth-order valence-electron chi connectivity index (χ4n) is 3.71. The van der Waals surface area contributed by atoms with Crippen LogP contribution >= 0.6 is 35.4 Å². The molecule has 0 aliphatic carbocycles. The topological polar surface area (TPSA) is 67.2 Å². The summed E-state index contributed by atoms with van der Waals surface area (Å²) in [7, 11) is 0. The van der Waals surface area contributed by atoms with E-state index in [-0.39, 0.29) is 11.0 Å². The van der Waals surface area contributed by atoms with Gasteiger partial charge in [-0.2, -0.15) is 0 Å². The number of nitrogens with one attached hydrogen (secondary N) is 2. The fourth-order valence-corrected chi connectivity index (χ4v) is 4.31. The second-order valence-corrected chi connectivity index (χ2v) is 8.96. The quantitative estimate of drug-likeness (QED) is 0.250. The summed E-state index contributed by atoms with van der Waals surface area (Å²) >= 11 is 17.8. The molecule has 1 aromatic heterocycles. The maximum atomic E-state index is 13.0. The van der Waals surface area contributed by atoms with E-state index in [1.54, 1.807) is 36.4 Å². The predicted octanol–water partition coefficient (Wildman–Crippen LogP) is 7.39. The number of nitrogens with zero attached hydrogens (tertiary/aromatic N) is 1. The molecule has 8 heteroatoms. The number of aromatic nitrogens is 1. The Labute approximate surface area is 210 Å². The lowest BCUT2D eigenvalue weighted by molar-refractivity contribution is 0.0979. The molecule has 0 saturated heterocycles. The highest BCUT2D eigenvalue weighted by Gasteiger charge is 2.15. The molecule has 4 aromatic carbocycles. The van der Waals surface area contributed by atoms with Gasteiger partial charge in [-0.25, -0.2) is 4.98 Å². The van der Waals surface area contributed by atoms with Gasteiger partial charge in [0.25, 0.3) is 5.91 Å². The van der Waals surface area contributed by atoms with Gasteiger partial charge in [0.1, 0.15) is 5.52 Å². The van der Waals surface area contributed by atoms with E-state index in [2.05, 4.69) is 15.6 Å². The molecule has 0 aliphatic rings. The molecule has 1 heterocycles. The normalized spacial score (nSPS) is 11.0. The van der Waals surface area contributed by atoms with Crippen molar-refractivity contribution in [2.45, 2.75) is 6.92 Å². The Kier molecular flexibility index (Phi) is 5.96. The number of hydrogen-bond donors (Lipinski definition) is 2. The number of hydrogen-bond acceptors (Lipinski definition) is 4. The number of carbonyl (C=O) groups is 1. The summed E-state index contributed by atoms with van der Waals surface area (Å²) in [6.45, 7) is 1.94. The maximum Gasteiger partial charge on any atom is 0.258 e. The number of anilines is 1. The molecule has 5 rings (SSSR count). The van der Waals surface area contributed by atoms with Gasteiger partial charge in [-0.3, -0.25) is 10.1 Å². The molecule has 0 atom stereocenters. The third-order valence-electron chi connectivity index (χ3n) is 5.42. The molecule has 0 fully saturated rings. The van der Waals surface area contributed by atoms with Gasteiger partial charge in [0.15, 0.2) is 10.7 Å². The molecule has 0 unspecified atom stereocenters. The van der Waals surface area contributed by atoms with Gasteiger partial charge in [-0.1, -0.05) is 53.5 Å². The van der Waals surface area contributed by atoms with E-state index in [0.717, 1.165) is 27.6 Å². The van der Waals surface area contributed by atoms with Gasteiger partial charge in [0, 0.05) is 32.2 Å². The van der Waals surface area contributed by atoms with E-state index in [1.165, 1.54) is 0 Å². The maximum absolute atomic E-state index is 13.0. The van der Waals surface area contributed by atoms with E-state index in [4.69, 9.17) is 39.8 Å². The average Bonchev–Trinajstić information content (AvgIpc) is 3.23. The second-order valence-electron chi connectivity index (χ2n) is 7.71. The van der Waals surface area contributed by atoms with Crippen molar-refractivity contribution in [2.24, 2.45) is 0 Å². The number of halogens is 2. The van der Waals surface area contributed by atoms with Crippen molar-refractivity contribution in [3.8, 4) is 11.5 Å². The highest BCUT2D eigenvalue weighted by atomic mass is 35.5. The summed E-state index contributed by atoms with van der Waals surface area (Å²) in [6, 6.07) is 21.9. The van der Waals surface area contributed by atoms with Crippen molar-refractivity contribution in [2.75, 3.05) is 5.32 Å². The third kappa shape index (κ3) is 4.35. The summed E-state index contributed by atoms with van der Waals surface area (Å²) < 4.78 is 5.87. The fraction of sp³-hybridized carbons (Fsp3) is 0.0385. The number of thiocarbonyl (C=S) groups is 1. The second kappa shape index (κ2) is 9.06. The van der Waals surface area contributed by atoms with Crippen molar-refractivity contribution in [3.05, 3.63) is 94.0 Å². The van der Waals surface area contributed by atoms with Crippen LogP contribution in [0.15, 0.2) is 77.2 Å². The number of carbonyl (C=O) groups excluding carboxylic acids is 1.